The Morgan fingerprint density at radius 2 is 2.05 bits per heavy atom. The van der Waals surface area contributed by atoms with Crippen molar-refractivity contribution in [2.75, 3.05) is 6.54 Å². The van der Waals surface area contributed by atoms with E-state index in [0.717, 1.165) is 32.2 Å². The van der Waals surface area contributed by atoms with Gasteiger partial charge in [-0.2, -0.15) is 0 Å². The fraction of sp³-hybridized carbons (Fsp3) is 0.556. The molecule has 1 aromatic carbocycles. The van der Waals surface area contributed by atoms with Crippen LogP contribution in [0.3, 0.4) is 0 Å². The standard InChI is InChI=1S/C18H25F2N/c1-2-11-21-16(12-14-7-4-3-5-8-14)13-15-9-6-10-17(19)18(15)20/h6-7,9-10,16,21H,2-5,8,11-13H2,1H3. The summed E-state index contributed by atoms with van der Waals surface area (Å²) >= 11 is 0. The molecule has 0 spiro atoms. The number of hydrogen-bond acceptors (Lipinski definition) is 1. The zero-order chi connectivity index (χ0) is 15.1. The molecule has 2 rings (SSSR count). The van der Waals surface area contributed by atoms with Gasteiger partial charge in [-0.3, -0.25) is 0 Å². The van der Waals surface area contributed by atoms with E-state index in [0.29, 0.717) is 12.0 Å². The highest BCUT2D eigenvalue weighted by molar-refractivity contribution is 5.21. The molecule has 1 atom stereocenters. The molecule has 0 heterocycles. The minimum absolute atomic E-state index is 0.186. The van der Waals surface area contributed by atoms with E-state index >= 15 is 0 Å². The quantitative estimate of drug-likeness (QED) is 0.714. The molecule has 1 unspecified atom stereocenters. The minimum Gasteiger partial charge on any atom is -0.313 e. The molecule has 1 aliphatic rings. The van der Waals surface area contributed by atoms with Crippen molar-refractivity contribution in [3.63, 3.8) is 0 Å². The Kier molecular flexibility index (Phi) is 6.37. The van der Waals surface area contributed by atoms with Gasteiger partial charge in [0.15, 0.2) is 11.6 Å². The Labute approximate surface area is 126 Å². The van der Waals surface area contributed by atoms with Crippen LogP contribution in [-0.4, -0.2) is 12.6 Å². The van der Waals surface area contributed by atoms with Crippen molar-refractivity contribution >= 4 is 0 Å². The van der Waals surface area contributed by atoms with E-state index in [-0.39, 0.29) is 6.04 Å². The summed E-state index contributed by atoms with van der Waals surface area (Å²) in [6.45, 7) is 3.03. The topological polar surface area (TPSA) is 12.0 Å². The largest absolute Gasteiger partial charge is 0.313 e. The molecule has 0 bridgehead atoms. The second kappa shape index (κ2) is 8.28. The molecule has 0 radical (unpaired) electrons. The van der Waals surface area contributed by atoms with Gasteiger partial charge in [0.1, 0.15) is 0 Å². The van der Waals surface area contributed by atoms with Crippen molar-refractivity contribution in [3.05, 3.63) is 47.0 Å². The van der Waals surface area contributed by atoms with Crippen LogP contribution in [0.15, 0.2) is 29.8 Å². The summed E-state index contributed by atoms with van der Waals surface area (Å²) in [4.78, 5) is 0. The zero-order valence-electron chi connectivity index (χ0n) is 12.8. The van der Waals surface area contributed by atoms with Crippen LogP contribution in [0.25, 0.3) is 0 Å². The molecular formula is C18H25F2N. The third kappa shape index (κ3) is 4.92. The maximum atomic E-state index is 13.8. The van der Waals surface area contributed by atoms with Gasteiger partial charge in [0.2, 0.25) is 0 Å². The van der Waals surface area contributed by atoms with Gasteiger partial charge in [-0.15, -0.1) is 0 Å². The number of halogens is 2. The number of hydrogen-bond donors (Lipinski definition) is 1. The number of benzene rings is 1. The summed E-state index contributed by atoms with van der Waals surface area (Å²) in [7, 11) is 0. The lowest BCUT2D eigenvalue weighted by Gasteiger charge is -2.22. The summed E-state index contributed by atoms with van der Waals surface area (Å²) in [5.74, 6) is -1.45. The first-order valence-corrected chi connectivity index (χ1v) is 8.05. The van der Waals surface area contributed by atoms with Gasteiger partial charge in [0.05, 0.1) is 0 Å². The first kappa shape index (κ1) is 16.2. The van der Waals surface area contributed by atoms with Crippen LogP contribution in [0.1, 0.15) is 51.0 Å². The zero-order valence-corrected chi connectivity index (χ0v) is 12.8. The van der Waals surface area contributed by atoms with Crippen LogP contribution in [0.5, 0.6) is 0 Å². The molecule has 1 N–H and O–H groups in total. The fourth-order valence-electron chi connectivity index (χ4n) is 2.94. The molecule has 1 aliphatic carbocycles. The normalized spacial score (nSPS) is 16.6. The average Bonchev–Trinajstić information content (AvgIpc) is 2.50. The Hall–Kier alpha value is -1.22. The highest BCUT2D eigenvalue weighted by Gasteiger charge is 2.16. The van der Waals surface area contributed by atoms with Crippen molar-refractivity contribution in [3.8, 4) is 0 Å². The van der Waals surface area contributed by atoms with Gasteiger partial charge in [0, 0.05) is 6.04 Å². The van der Waals surface area contributed by atoms with Crippen LogP contribution in [0.4, 0.5) is 8.78 Å². The van der Waals surface area contributed by atoms with Crippen LogP contribution >= 0.6 is 0 Å². The summed E-state index contributed by atoms with van der Waals surface area (Å²) in [5, 5.41) is 3.48. The highest BCUT2D eigenvalue weighted by Crippen LogP contribution is 2.23. The maximum Gasteiger partial charge on any atom is 0.162 e. The van der Waals surface area contributed by atoms with Gasteiger partial charge in [0.25, 0.3) is 0 Å². The number of nitrogens with one attached hydrogen (secondary N) is 1. The third-order valence-electron chi connectivity index (χ3n) is 4.07. The smallest absolute Gasteiger partial charge is 0.162 e. The van der Waals surface area contributed by atoms with Crippen LogP contribution in [0.2, 0.25) is 0 Å². The van der Waals surface area contributed by atoms with Crippen molar-refractivity contribution in [2.45, 2.75) is 57.9 Å². The van der Waals surface area contributed by atoms with E-state index in [9.17, 15) is 8.78 Å². The van der Waals surface area contributed by atoms with E-state index in [1.165, 1.54) is 24.5 Å². The summed E-state index contributed by atoms with van der Waals surface area (Å²) in [5.41, 5.74) is 1.94. The number of allylic oxidation sites excluding steroid dienone is 1. The van der Waals surface area contributed by atoms with E-state index in [1.807, 2.05) is 0 Å². The van der Waals surface area contributed by atoms with Crippen molar-refractivity contribution < 1.29 is 8.78 Å². The minimum atomic E-state index is -0.751. The molecule has 0 fully saturated rings. The van der Waals surface area contributed by atoms with Crippen molar-refractivity contribution in [2.24, 2.45) is 0 Å². The van der Waals surface area contributed by atoms with Gasteiger partial charge in [-0.25, -0.2) is 8.78 Å². The molecule has 0 aromatic heterocycles. The van der Waals surface area contributed by atoms with Gasteiger partial charge in [-0.1, -0.05) is 30.7 Å². The maximum absolute atomic E-state index is 13.8. The predicted molar refractivity (Wildman–Crippen MR) is 83.3 cm³/mol. The first-order valence-electron chi connectivity index (χ1n) is 8.05. The van der Waals surface area contributed by atoms with Crippen molar-refractivity contribution in [1.29, 1.82) is 0 Å². The Balaban J connectivity index is 2.04. The molecule has 3 heteroatoms. The molecule has 21 heavy (non-hydrogen) atoms. The van der Waals surface area contributed by atoms with Crippen molar-refractivity contribution in [1.82, 2.24) is 5.32 Å². The summed E-state index contributed by atoms with van der Waals surface area (Å²) in [6, 6.07) is 4.64. The molecule has 0 saturated carbocycles. The first-order chi connectivity index (χ1) is 10.2. The second-order valence-corrected chi connectivity index (χ2v) is 5.88. The Morgan fingerprint density at radius 1 is 1.19 bits per heavy atom. The molecule has 0 saturated heterocycles. The molecule has 116 valence electrons. The molecule has 1 aromatic rings. The van der Waals surface area contributed by atoms with Crippen LogP contribution in [-0.2, 0) is 6.42 Å². The predicted octanol–water partition coefficient (Wildman–Crippen LogP) is 4.77. The molecular weight excluding hydrogens is 268 g/mol. The lowest BCUT2D eigenvalue weighted by Crippen LogP contribution is -2.32. The Morgan fingerprint density at radius 3 is 2.76 bits per heavy atom. The highest BCUT2D eigenvalue weighted by atomic mass is 19.2. The van der Waals surface area contributed by atoms with E-state index in [2.05, 4.69) is 18.3 Å². The van der Waals surface area contributed by atoms with E-state index in [4.69, 9.17) is 0 Å². The summed E-state index contributed by atoms with van der Waals surface area (Å²) < 4.78 is 27.2. The molecule has 0 aliphatic heterocycles. The SMILES string of the molecule is CCCNC(CC1=CCCCC1)Cc1cccc(F)c1F. The van der Waals surface area contributed by atoms with Gasteiger partial charge >= 0.3 is 0 Å². The van der Waals surface area contributed by atoms with Gasteiger partial charge < -0.3 is 5.32 Å². The summed E-state index contributed by atoms with van der Waals surface area (Å²) in [6.07, 6.45) is 9.68. The lowest BCUT2D eigenvalue weighted by atomic mass is 9.91. The Bertz CT molecular complexity index is 482. The number of rotatable bonds is 7. The monoisotopic (exact) mass is 293 g/mol. The third-order valence-corrected chi connectivity index (χ3v) is 4.07. The fourth-order valence-corrected chi connectivity index (χ4v) is 2.94. The lowest BCUT2D eigenvalue weighted by molar-refractivity contribution is 0.462. The van der Waals surface area contributed by atoms with Crippen LogP contribution < -0.4 is 5.32 Å². The average molecular weight is 293 g/mol. The van der Waals surface area contributed by atoms with Gasteiger partial charge in [-0.05, 0) is 63.1 Å². The molecule has 0 amide bonds. The van der Waals surface area contributed by atoms with E-state index in [1.54, 1.807) is 12.1 Å². The van der Waals surface area contributed by atoms with Crippen LogP contribution in [0, 0.1) is 11.6 Å². The second-order valence-electron chi connectivity index (χ2n) is 5.88. The molecule has 1 nitrogen and oxygen atoms in total. The van der Waals surface area contributed by atoms with E-state index < -0.39 is 11.6 Å².